The summed E-state index contributed by atoms with van der Waals surface area (Å²) in [6, 6.07) is -2.42. The highest BCUT2D eigenvalue weighted by Gasteiger charge is 2.39. The fraction of sp³-hybridized carbons (Fsp3) is 0.762. The highest BCUT2D eigenvalue weighted by molar-refractivity contribution is 5.92. The molecule has 2 fully saturated rings. The van der Waals surface area contributed by atoms with Gasteiger partial charge in [0.1, 0.15) is 18.4 Å². The molecule has 0 aromatic heterocycles. The van der Waals surface area contributed by atoms with E-state index < -0.39 is 41.9 Å². The molecule has 2 aliphatic rings. The molecule has 11 heteroatoms. The van der Waals surface area contributed by atoms with Crippen LogP contribution in [0.3, 0.4) is 0 Å². The Hall–Kier alpha value is -2.85. The summed E-state index contributed by atoms with van der Waals surface area (Å²) >= 11 is 0. The highest BCUT2D eigenvalue weighted by Crippen LogP contribution is 2.30. The molecule has 1 aliphatic heterocycles. The lowest BCUT2D eigenvalue weighted by Gasteiger charge is -2.30. The van der Waals surface area contributed by atoms with E-state index in [4.69, 9.17) is 12.8 Å². The third-order valence-electron chi connectivity index (χ3n) is 5.88. The summed E-state index contributed by atoms with van der Waals surface area (Å²) in [5, 5.41) is 5.25. The zero-order chi connectivity index (χ0) is 24.4. The molecule has 1 saturated heterocycles. The second-order valence-electron chi connectivity index (χ2n) is 8.24. The van der Waals surface area contributed by atoms with Gasteiger partial charge in [0.15, 0.2) is 5.96 Å². The van der Waals surface area contributed by atoms with Gasteiger partial charge in [-0.15, -0.1) is 0 Å². The molecule has 1 aliphatic carbocycles. The lowest BCUT2D eigenvalue weighted by molar-refractivity contribution is -0.140. The van der Waals surface area contributed by atoms with Crippen LogP contribution in [-0.4, -0.2) is 73.4 Å². The molecule has 0 radical (unpaired) electrons. The van der Waals surface area contributed by atoms with E-state index in [0.29, 0.717) is 57.9 Å². The van der Waals surface area contributed by atoms with Gasteiger partial charge >= 0.3 is 6.09 Å². The number of amides is 3. The van der Waals surface area contributed by atoms with Crippen LogP contribution in [0.15, 0.2) is 4.99 Å². The van der Waals surface area contributed by atoms with Gasteiger partial charge in [0.2, 0.25) is 11.8 Å². The van der Waals surface area contributed by atoms with Crippen LogP contribution in [-0.2, 0) is 19.1 Å². The summed E-state index contributed by atoms with van der Waals surface area (Å²) in [4.78, 5) is 54.9. The Morgan fingerprint density at radius 3 is 2.56 bits per heavy atom. The number of alkyl carbamates (subject to hydrolysis) is 1. The van der Waals surface area contributed by atoms with E-state index in [9.17, 15) is 19.2 Å². The monoisotopic (exact) mass is 453 g/mol. The van der Waals surface area contributed by atoms with Crippen molar-refractivity contribution in [2.75, 3.05) is 20.2 Å². The topological polar surface area (TPSA) is 169 Å². The third-order valence-corrected chi connectivity index (χ3v) is 5.88. The van der Waals surface area contributed by atoms with E-state index in [1.165, 1.54) is 12.0 Å². The molecule has 180 valence electrons. The van der Waals surface area contributed by atoms with Crippen molar-refractivity contribution < 1.29 is 25.3 Å². The molecule has 0 unspecified atom stereocenters. The van der Waals surface area contributed by atoms with Gasteiger partial charge in [0.05, 0.1) is 13.2 Å². The fourth-order valence-electron chi connectivity index (χ4n) is 4.24. The van der Waals surface area contributed by atoms with Crippen molar-refractivity contribution in [3.8, 4) is 0 Å². The zero-order valence-electron chi connectivity index (χ0n) is 19.7. The van der Waals surface area contributed by atoms with E-state index in [2.05, 4.69) is 20.4 Å². The molecule has 0 bridgehead atoms. The maximum Gasteiger partial charge on any atom is 0.407 e. The number of ether oxygens (including phenoxy) is 1. The molecule has 1 heterocycles. The first-order valence-corrected chi connectivity index (χ1v) is 11.1. The number of methoxy groups -OCH3 is 1. The number of carbonyl (C=O) groups excluding carboxylic acids is 4. The van der Waals surface area contributed by atoms with Crippen LogP contribution in [0, 0.1) is 5.89 Å². The van der Waals surface area contributed by atoms with Crippen LogP contribution in [0.5, 0.6) is 0 Å². The maximum atomic E-state index is 13.4. The van der Waals surface area contributed by atoms with Crippen LogP contribution in [0.1, 0.15) is 59.2 Å². The normalized spacial score (nSPS) is 21.7. The number of aliphatic imine (C=N–C) groups is 1. The Kier molecular flexibility index (Phi) is 9.58. The summed E-state index contributed by atoms with van der Waals surface area (Å²) in [5.41, 5.74) is 10.6. The number of carbonyl (C=O) groups is 4. The summed E-state index contributed by atoms with van der Waals surface area (Å²) in [7, 11) is 1.21. The van der Waals surface area contributed by atoms with E-state index in [-0.39, 0.29) is 12.4 Å². The Morgan fingerprint density at radius 1 is 1.22 bits per heavy atom. The zero-order valence-corrected chi connectivity index (χ0v) is 18.7. The van der Waals surface area contributed by atoms with E-state index in [0.717, 1.165) is 12.8 Å². The Morgan fingerprint density at radius 2 is 1.94 bits per heavy atom. The number of hydrogen-bond acceptors (Lipinski definition) is 6. The molecule has 0 aromatic rings. The minimum atomic E-state index is -0.956. The van der Waals surface area contributed by atoms with Gasteiger partial charge < -0.3 is 36.5 Å². The predicted octanol–water partition coefficient (Wildman–Crippen LogP) is 0.0196. The first kappa shape index (κ1) is 23.8. The Balaban J connectivity index is 2.03. The molecule has 3 amide bonds. The van der Waals surface area contributed by atoms with Crippen LogP contribution in [0.4, 0.5) is 4.79 Å². The van der Waals surface area contributed by atoms with Crippen molar-refractivity contribution in [3.05, 3.63) is 0 Å². The molecular weight excluding hydrogens is 416 g/mol. The Bertz CT molecular complexity index is 739. The molecule has 11 nitrogen and oxygen atoms in total. The lowest BCUT2D eigenvalue weighted by Crippen LogP contribution is -2.55. The molecule has 32 heavy (non-hydrogen) atoms. The number of rotatable bonds is 11. The summed E-state index contributed by atoms with van der Waals surface area (Å²) < 4.78 is 13.3. The van der Waals surface area contributed by atoms with Crippen LogP contribution in [0.25, 0.3) is 0 Å². The van der Waals surface area contributed by atoms with Gasteiger partial charge in [-0.2, -0.15) is 0 Å². The number of nitrogens with one attached hydrogen (secondary N) is 2. The van der Waals surface area contributed by atoms with Gasteiger partial charge in [-0.05, 0) is 38.0 Å². The van der Waals surface area contributed by atoms with Crippen molar-refractivity contribution in [1.82, 2.24) is 15.5 Å². The number of hydrogen-bond donors (Lipinski definition) is 4. The molecule has 6 N–H and O–H groups in total. The molecule has 2 rings (SSSR count). The highest BCUT2D eigenvalue weighted by atomic mass is 16.5. The van der Waals surface area contributed by atoms with E-state index in [1.54, 1.807) is 0 Å². The minimum Gasteiger partial charge on any atom is -0.453 e. The van der Waals surface area contributed by atoms with Crippen LogP contribution >= 0.6 is 0 Å². The third kappa shape index (κ3) is 7.69. The average Bonchev–Trinajstić information content (AvgIpc) is 3.44. The maximum absolute atomic E-state index is 13.4. The second-order valence-corrected chi connectivity index (χ2v) is 8.24. The number of guanidine groups is 1. The first-order valence-electron chi connectivity index (χ1n) is 11.6. The Labute approximate surface area is 190 Å². The summed E-state index contributed by atoms with van der Waals surface area (Å²) in [6.45, 7) is 0.698. The standard InChI is InChI=1S/C21H36N6O5/c1-32-21(31)26-16(12-14-6-2-3-7-14)19(30)27-11-5-9-17(27)18(29)25-15(13-28)8-4-10-24-20(22)23/h13-17H,2-12H2,1H3,(H,25,29)(H,26,31)(H4,22,23,24)/t15-,16-,17-/m0/s1/i14D. The molecular formula is C21H36N6O5. The predicted molar refractivity (Wildman–Crippen MR) is 119 cm³/mol. The van der Waals surface area contributed by atoms with Gasteiger partial charge in [-0.25, -0.2) is 4.79 Å². The van der Waals surface area contributed by atoms with Crippen LogP contribution < -0.4 is 22.1 Å². The molecule has 0 aromatic carbocycles. The van der Waals surface area contributed by atoms with Crippen molar-refractivity contribution >= 4 is 30.2 Å². The van der Waals surface area contributed by atoms with Gasteiger partial charge in [0.25, 0.3) is 0 Å². The summed E-state index contributed by atoms with van der Waals surface area (Å²) in [5.74, 6) is -1.66. The van der Waals surface area contributed by atoms with Gasteiger partial charge in [-0.3, -0.25) is 14.6 Å². The largest absolute Gasteiger partial charge is 0.453 e. The quantitative estimate of drug-likeness (QED) is 0.148. The smallest absolute Gasteiger partial charge is 0.407 e. The fourth-order valence-corrected chi connectivity index (χ4v) is 4.24. The van der Waals surface area contributed by atoms with Crippen molar-refractivity contribution in [1.29, 1.82) is 0 Å². The molecule has 3 atom stereocenters. The van der Waals surface area contributed by atoms with Crippen LogP contribution in [0.2, 0.25) is 0 Å². The van der Waals surface area contributed by atoms with E-state index in [1.807, 2.05) is 0 Å². The van der Waals surface area contributed by atoms with Crippen molar-refractivity contribution in [2.45, 2.75) is 75.9 Å². The van der Waals surface area contributed by atoms with Crippen molar-refractivity contribution in [2.24, 2.45) is 22.4 Å². The minimum absolute atomic E-state index is 0.0380. The van der Waals surface area contributed by atoms with Gasteiger partial charge in [-0.1, -0.05) is 25.7 Å². The molecule has 1 saturated carbocycles. The number of aldehydes is 1. The number of likely N-dealkylation sites (tertiary alicyclic amines) is 1. The first-order chi connectivity index (χ1) is 15.7. The van der Waals surface area contributed by atoms with Crippen molar-refractivity contribution in [3.63, 3.8) is 0 Å². The number of nitrogens with zero attached hydrogens (tertiary/aromatic N) is 2. The van der Waals surface area contributed by atoms with Gasteiger partial charge in [0, 0.05) is 14.5 Å². The van der Waals surface area contributed by atoms with E-state index >= 15 is 0 Å². The average molecular weight is 454 g/mol. The number of nitrogens with two attached hydrogens (primary N) is 2. The molecule has 0 spiro atoms. The second kappa shape index (κ2) is 12.9. The SMILES string of the molecule is [2H]C1(C[C@H](NC(=O)OC)C(=O)N2CCC[C@H]2C(=O)N[C@H](C=O)CCCN=C(N)N)CCCC1. The summed E-state index contributed by atoms with van der Waals surface area (Å²) in [6.07, 6.45) is 5.14. The lowest BCUT2D eigenvalue weighted by atomic mass is 9.97.